The minimum absolute atomic E-state index is 0.169. The molecule has 0 radical (unpaired) electrons. The van der Waals surface area contributed by atoms with Gasteiger partial charge in [0, 0.05) is 24.6 Å². The van der Waals surface area contributed by atoms with Crippen LogP contribution in [-0.2, 0) is 9.47 Å². The number of nitrogens with one attached hydrogen (secondary N) is 2. The Morgan fingerprint density at radius 3 is 2.42 bits per heavy atom. The Balaban J connectivity index is 3.43. The Kier molecular flexibility index (Phi) is 15.2. The van der Waals surface area contributed by atoms with E-state index in [0.29, 0.717) is 26.4 Å². The second-order valence-electron chi connectivity index (χ2n) is 6.12. The smallest absolute Gasteiger partial charge is 0.315 e. The van der Waals surface area contributed by atoms with Crippen molar-refractivity contribution in [3.63, 3.8) is 0 Å². The molecule has 6 heteroatoms. The van der Waals surface area contributed by atoms with Gasteiger partial charge in [-0.3, -0.25) is 0 Å². The highest BCUT2D eigenvalue weighted by Gasteiger charge is 2.22. The van der Waals surface area contributed by atoms with Crippen molar-refractivity contribution in [1.29, 1.82) is 0 Å². The first kappa shape index (κ1) is 23.2. The predicted molar refractivity (Wildman–Crippen MR) is 101 cm³/mol. The summed E-state index contributed by atoms with van der Waals surface area (Å²) < 4.78 is 10.9. The van der Waals surface area contributed by atoms with E-state index in [9.17, 15) is 4.79 Å². The van der Waals surface area contributed by atoms with Crippen LogP contribution in [0.2, 0.25) is 0 Å². The Bertz CT molecular complexity index is 329. The summed E-state index contributed by atoms with van der Waals surface area (Å²) in [6.45, 7) is 10.7. The largest absolute Gasteiger partial charge is 0.379 e. The van der Waals surface area contributed by atoms with E-state index in [1.807, 2.05) is 19.9 Å². The molecular weight excluding hydrogens is 328 g/mol. The summed E-state index contributed by atoms with van der Waals surface area (Å²) in [6, 6.07) is -0.169. The van der Waals surface area contributed by atoms with Gasteiger partial charge in [-0.25, -0.2) is 4.79 Å². The molecule has 0 fully saturated rings. The van der Waals surface area contributed by atoms with Gasteiger partial charge in [-0.15, -0.1) is 18.2 Å². The van der Waals surface area contributed by atoms with Gasteiger partial charge in [-0.2, -0.15) is 0 Å². The molecule has 1 unspecified atom stereocenters. The Morgan fingerprint density at radius 1 is 1.12 bits per heavy atom. The molecule has 0 bridgehead atoms. The summed E-state index contributed by atoms with van der Waals surface area (Å²) in [5.41, 5.74) is -0.246. The SMILES string of the molecule is C=CCC(C)(CC)NC(=O)NCCOCCOCCCCCCCl. The number of urea groups is 1. The molecule has 2 amide bonds. The van der Waals surface area contributed by atoms with Crippen molar-refractivity contribution in [2.24, 2.45) is 0 Å². The summed E-state index contributed by atoms with van der Waals surface area (Å²) in [4.78, 5) is 11.8. The van der Waals surface area contributed by atoms with E-state index in [4.69, 9.17) is 21.1 Å². The third-order valence-corrected chi connectivity index (χ3v) is 4.13. The molecule has 2 N–H and O–H groups in total. The zero-order chi connectivity index (χ0) is 18.1. The first-order valence-corrected chi connectivity index (χ1v) is 9.49. The molecule has 0 aliphatic carbocycles. The number of halogens is 1. The fourth-order valence-corrected chi connectivity index (χ4v) is 2.32. The molecule has 0 spiro atoms. The first-order chi connectivity index (χ1) is 11.6. The van der Waals surface area contributed by atoms with Gasteiger partial charge in [0.05, 0.1) is 19.8 Å². The molecule has 142 valence electrons. The number of carbonyl (C=O) groups excluding carboxylic acids is 1. The third kappa shape index (κ3) is 13.6. The molecule has 5 nitrogen and oxygen atoms in total. The standard InChI is InChI=1S/C18H35ClN2O3/c1-4-10-18(3,5-2)21-17(22)20-12-14-24-16-15-23-13-9-7-6-8-11-19/h4H,1,5-16H2,2-3H3,(H2,20,21,22). The van der Waals surface area contributed by atoms with Gasteiger partial charge < -0.3 is 20.1 Å². The lowest BCUT2D eigenvalue weighted by Gasteiger charge is -2.28. The maximum atomic E-state index is 11.8. The molecule has 24 heavy (non-hydrogen) atoms. The van der Waals surface area contributed by atoms with E-state index in [2.05, 4.69) is 17.2 Å². The van der Waals surface area contributed by atoms with Crippen LogP contribution in [0.15, 0.2) is 12.7 Å². The molecule has 0 heterocycles. The van der Waals surface area contributed by atoms with Crippen molar-refractivity contribution >= 4 is 17.6 Å². The molecule has 0 aromatic heterocycles. The molecule has 0 aliphatic rings. The van der Waals surface area contributed by atoms with Gasteiger partial charge >= 0.3 is 6.03 Å². The third-order valence-electron chi connectivity index (χ3n) is 3.87. The lowest BCUT2D eigenvalue weighted by Crippen LogP contribution is -2.50. The Hall–Kier alpha value is -0.780. The highest BCUT2D eigenvalue weighted by atomic mass is 35.5. The average molecular weight is 363 g/mol. The summed E-state index contributed by atoms with van der Waals surface area (Å²) in [7, 11) is 0. The van der Waals surface area contributed by atoms with E-state index in [-0.39, 0.29) is 11.6 Å². The molecule has 0 aliphatic heterocycles. The van der Waals surface area contributed by atoms with Gasteiger partial charge in [0.1, 0.15) is 0 Å². The Labute approximate surface area is 152 Å². The second kappa shape index (κ2) is 15.7. The quantitative estimate of drug-likeness (QED) is 0.249. The Morgan fingerprint density at radius 2 is 1.79 bits per heavy atom. The van der Waals surface area contributed by atoms with Crippen LogP contribution in [0.4, 0.5) is 4.79 Å². The van der Waals surface area contributed by atoms with E-state index in [1.165, 1.54) is 6.42 Å². The number of unbranched alkanes of at least 4 members (excludes halogenated alkanes) is 3. The van der Waals surface area contributed by atoms with Gasteiger partial charge in [0.15, 0.2) is 0 Å². The molecular formula is C18H35ClN2O3. The zero-order valence-electron chi connectivity index (χ0n) is 15.4. The van der Waals surface area contributed by atoms with Crippen LogP contribution >= 0.6 is 11.6 Å². The monoisotopic (exact) mass is 362 g/mol. The molecule has 0 aromatic rings. The topological polar surface area (TPSA) is 59.6 Å². The van der Waals surface area contributed by atoms with E-state index in [1.54, 1.807) is 0 Å². The highest BCUT2D eigenvalue weighted by Crippen LogP contribution is 2.14. The number of alkyl halides is 1. The number of carbonyl (C=O) groups is 1. The van der Waals surface area contributed by atoms with Crippen LogP contribution in [0.5, 0.6) is 0 Å². The van der Waals surface area contributed by atoms with Gasteiger partial charge in [-0.05, 0) is 32.6 Å². The molecule has 0 saturated heterocycles. The zero-order valence-corrected chi connectivity index (χ0v) is 16.1. The molecule has 0 saturated carbocycles. The number of hydrogen-bond donors (Lipinski definition) is 2. The van der Waals surface area contributed by atoms with Gasteiger partial charge in [0.2, 0.25) is 0 Å². The van der Waals surface area contributed by atoms with E-state index < -0.39 is 0 Å². The van der Waals surface area contributed by atoms with Crippen molar-refractivity contribution in [3.8, 4) is 0 Å². The average Bonchev–Trinajstić information content (AvgIpc) is 2.56. The number of hydrogen-bond acceptors (Lipinski definition) is 3. The van der Waals surface area contributed by atoms with Crippen LogP contribution in [0, 0.1) is 0 Å². The lowest BCUT2D eigenvalue weighted by molar-refractivity contribution is 0.0478. The summed E-state index contributed by atoms with van der Waals surface area (Å²) in [5.74, 6) is 0.743. The summed E-state index contributed by atoms with van der Waals surface area (Å²) in [5, 5.41) is 5.77. The number of rotatable bonds is 16. The van der Waals surface area contributed by atoms with E-state index in [0.717, 1.165) is 44.6 Å². The van der Waals surface area contributed by atoms with Crippen LogP contribution in [0.3, 0.4) is 0 Å². The minimum Gasteiger partial charge on any atom is -0.379 e. The van der Waals surface area contributed by atoms with Crippen molar-refractivity contribution < 1.29 is 14.3 Å². The highest BCUT2D eigenvalue weighted by molar-refractivity contribution is 6.17. The summed E-state index contributed by atoms with van der Waals surface area (Å²) in [6.07, 6.45) is 7.90. The molecule has 1 atom stereocenters. The molecule has 0 rings (SSSR count). The minimum atomic E-state index is -0.246. The number of ether oxygens (including phenoxy) is 2. The van der Waals surface area contributed by atoms with E-state index >= 15 is 0 Å². The maximum absolute atomic E-state index is 11.8. The van der Waals surface area contributed by atoms with Crippen molar-refractivity contribution in [2.75, 3.05) is 38.9 Å². The van der Waals surface area contributed by atoms with Gasteiger partial charge in [-0.1, -0.05) is 25.8 Å². The van der Waals surface area contributed by atoms with Crippen molar-refractivity contribution in [3.05, 3.63) is 12.7 Å². The number of amides is 2. The fourth-order valence-electron chi connectivity index (χ4n) is 2.13. The van der Waals surface area contributed by atoms with Crippen LogP contribution in [-0.4, -0.2) is 50.4 Å². The summed E-state index contributed by atoms with van der Waals surface area (Å²) >= 11 is 5.62. The van der Waals surface area contributed by atoms with Crippen LogP contribution in [0.1, 0.15) is 52.4 Å². The lowest BCUT2D eigenvalue weighted by atomic mass is 9.95. The maximum Gasteiger partial charge on any atom is 0.315 e. The van der Waals surface area contributed by atoms with Crippen LogP contribution < -0.4 is 10.6 Å². The van der Waals surface area contributed by atoms with Crippen molar-refractivity contribution in [2.45, 2.75) is 57.9 Å². The predicted octanol–water partition coefficient (Wildman–Crippen LogP) is 3.86. The van der Waals surface area contributed by atoms with Crippen molar-refractivity contribution in [1.82, 2.24) is 10.6 Å². The second-order valence-corrected chi connectivity index (χ2v) is 6.49. The normalized spacial score (nSPS) is 13.3. The molecule has 0 aromatic carbocycles. The first-order valence-electron chi connectivity index (χ1n) is 8.96. The van der Waals surface area contributed by atoms with Crippen LogP contribution in [0.25, 0.3) is 0 Å². The fraction of sp³-hybridized carbons (Fsp3) is 0.833. The van der Waals surface area contributed by atoms with Gasteiger partial charge in [0.25, 0.3) is 0 Å².